The summed E-state index contributed by atoms with van der Waals surface area (Å²) in [7, 11) is 0. The summed E-state index contributed by atoms with van der Waals surface area (Å²) >= 11 is 0. The summed E-state index contributed by atoms with van der Waals surface area (Å²) in [5.74, 6) is 0. The normalized spacial score (nSPS) is 9.65. The number of hydrogen-bond acceptors (Lipinski definition) is 4. The summed E-state index contributed by atoms with van der Waals surface area (Å²) in [6.07, 6.45) is 5.20. The number of aromatic nitrogens is 2. The highest BCUT2D eigenvalue weighted by atomic mass is 14.9. The Morgan fingerprint density at radius 3 is 3.00 bits per heavy atom. The van der Waals surface area contributed by atoms with Crippen molar-refractivity contribution in [1.29, 1.82) is 5.26 Å². The van der Waals surface area contributed by atoms with Gasteiger partial charge in [-0.25, -0.2) is 4.98 Å². The Kier molecular flexibility index (Phi) is 3.31. The molecule has 0 atom stereocenters. The van der Waals surface area contributed by atoms with E-state index in [4.69, 9.17) is 5.26 Å². The molecule has 0 unspecified atom stereocenters. The Morgan fingerprint density at radius 2 is 2.24 bits per heavy atom. The Morgan fingerprint density at radius 1 is 1.35 bits per heavy atom. The first-order valence-corrected chi connectivity index (χ1v) is 5.29. The second-order valence-electron chi connectivity index (χ2n) is 3.67. The third-order valence-electron chi connectivity index (χ3n) is 2.52. The summed E-state index contributed by atoms with van der Waals surface area (Å²) in [6.45, 7) is 2.67. The van der Waals surface area contributed by atoms with Crippen molar-refractivity contribution in [2.45, 2.75) is 13.5 Å². The molecule has 0 amide bonds. The van der Waals surface area contributed by atoms with Crippen LogP contribution in [0.25, 0.3) is 0 Å². The fourth-order valence-corrected chi connectivity index (χ4v) is 1.53. The number of anilines is 1. The number of nitrogens with zero attached hydrogens (tertiary/aromatic N) is 3. The summed E-state index contributed by atoms with van der Waals surface area (Å²) in [5.41, 5.74) is 3.46. The van der Waals surface area contributed by atoms with Gasteiger partial charge < -0.3 is 5.32 Å². The molecule has 0 aliphatic heterocycles. The maximum atomic E-state index is 8.91. The standard InChI is InChI=1S/C13H12N4/c1-10-8-15-6-4-11(10)9-17-12-3-2-5-16-13(12)7-14/h2-6,8,17H,9H2,1H3. The van der Waals surface area contributed by atoms with E-state index in [0.29, 0.717) is 12.2 Å². The van der Waals surface area contributed by atoms with Crippen molar-refractivity contribution in [3.63, 3.8) is 0 Å². The number of nitriles is 1. The molecule has 0 aliphatic carbocycles. The zero-order valence-electron chi connectivity index (χ0n) is 9.51. The molecule has 0 radical (unpaired) electrons. The van der Waals surface area contributed by atoms with Crippen LogP contribution in [-0.4, -0.2) is 9.97 Å². The summed E-state index contributed by atoms with van der Waals surface area (Å²) in [6, 6.07) is 7.68. The Hall–Kier alpha value is -2.41. The van der Waals surface area contributed by atoms with E-state index >= 15 is 0 Å². The summed E-state index contributed by atoms with van der Waals surface area (Å²) < 4.78 is 0. The van der Waals surface area contributed by atoms with E-state index < -0.39 is 0 Å². The van der Waals surface area contributed by atoms with E-state index in [1.165, 1.54) is 0 Å². The lowest BCUT2D eigenvalue weighted by molar-refractivity contribution is 1.08. The third-order valence-corrected chi connectivity index (χ3v) is 2.52. The highest BCUT2D eigenvalue weighted by Crippen LogP contribution is 2.13. The smallest absolute Gasteiger partial charge is 0.163 e. The van der Waals surface area contributed by atoms with Crippen LogP contribution in [0.1, 0.15) is 16.8 Å². The lowest BCUT2D eigenvalue weighted by Crippen LogP contribution is -2.03. The highest BCUT2D eigenvalue weighted by molar-refractivity contribution is 5.53. The molecule has 0 fully saturated rings. The molecule has 0 saturated heterocycles. The van der Waals surface area contributed by atoms with Gasteiger partial charge in [-0.05, 0) is 36.2 Å². The molecule has 0 saturated carbocycles. The van der Waals surface area contributed by atoms with Gasteiger partial charge in [-0.3, -0.25) is 4.98 Å². The number of hydrogen-bond donors (Lipinski definition) is 1. The molecule has 4 nitrogen and oxygen atoms in total. The SMILES string of the molecule is Cc1cnccc1CNc1cccnc1C#N. The van der Waals surface area contributed by atoms with Crippen LogP contribution >= 0.6 is 0 Å². The van der Waals surface area contributed by atoms with Gasteiger partial charge in [0.1, 0.15) is 6.07 Å². The Labute approximate surface area is 100.0 Å². The average Bonchev–Trinajstić information content (AvgIpc) is 2.38. The van der Waals surface area contributed by atoms with Crippen molar-refractivity contribution in [2.75, 3.05) is 5.32 Å². The molecule has 17 heavy (non-hydrogen) atoms. The van der Waals surface area contributed by atoms with Gasteiger partial charge in [0.25, 0.3) is 0 Å². The molecule has 0 aromatic carbocycles. The Balaban J connectivity index is 2.13. The first kappa shape index (κ1) is 11.1. The van der Waals surface area contributed by atoms with Gasteiger partial charge in [0.2, 0.25) is 0 Å². The van der Waals surface area contributed by atoms with Crippen molar-refractivity contribution in [3.05, 3.63) is 53.6 Å². The van der Waals surface area contributed by atoms with Gasteiger partial charge in [0.15, 0.2) is 5.69 Å². The summed E-state index contributed by atoms with van der Waals surface area (Å²) in [4.78, 5) is 8.04. The largest absolute Gasteiger partial charge is 0.379 e. The first-order valence-electron chi connectivity index (χ1n) is 5.29. The topological polar surface area (TPSA) is 61.6 Å². The molecule has 0 spiro atoms. The monoisotopic (exact) mass is 224 g/mol. The quantitative estimate of drug-likeness (QED) is 0.868. The van der Waals surface area contributed by atoms with Crippen LogP contribution in [0.5, 0.6) is 0 Å². The minimum absolute atomic E-state index is 0.416. The van der Waals surface area contributed by atoms with Crippen molar-refractivity contribution in [3.8, 4) is 6.07 Å². The van der Waals surface area contributed by atoms with E-state index in [9.17, 15) is 0 Å². The molecule has 4 heteroatoms. The molecule has 84 valence electrons. The van der Waals surface area contributed by atoms with Crippen LogP contribution in [-0.2, 0) is 6.54 Å². The van der Waals surface area contributed by atoms with Crippen molar-refractivity contribution < 1.29 is 0 Å². The van der Waals surface area contributed by atoms with Crippen molar-refractivity contribution in [2.24, 2.45) is 0 Å². The predicted molar refractivity (Wildman–Crippen MR) is 65.3 cm³/mol. The van der Waals surface area contributed by atoms with E-state index in [1.54, 1.807) is 12.4 Å². The molecule has 2 aromatic rings. The molecule has 1 N–H and O–H groups in total. The lowest BCUT2D eigenvalue weighted by Gasteiger charge is -2.08. The molecular weight excluding hydrogens is 212 g/mol. The zero-order valence-corrected chi connectivity index (χ0v) is 9.51. The molecule has 0 bridgehead atoms. The van der Waals surface area contributed by atoms with Crippen LogP contribution in [0, 0.1) is 18.3 Å². The van der Waals surface area contributed by atoms with Gasteiger partial charge in [0, 0.05) is 25.1 Å². The maximum absolute atomic E-state index is 8.91. The van der Waals surface area contributed by atoms with Gasteiger partial charge in [-0.15, -0.1) is 0 Å². The number of aryl methyl sites for hydroxylation is 1. The molecular formula is C13H12N4. The van der Waals surface area contributed by atoms with Crippen LogP contribution in [0.15, 0.2) is 36.8 Å². The molecule has 0 aliphatic rings. The van der Waals surface area contributed by atoms with Gasteiger partial charge in [-0.1, -0.05) is 0 Å². The van der Waals surface area contributed by atoms with E-state index in [2.05, 4.69) is 21.4 Å². The predicted octanol–water partition coefficient (Wildman–Crippen LogP) is 2.27. The van der Waals surface area contributed by atoms with Gasteiger partial charge in [0.05, 0.1) is 5.69 Å². The van der Waals surface area contributed by atoms with Gasteiger partial charge in [-0.2, -0.15) is 5.26 Å². The number of pyridine rings is 2. The molecule has 2 aromatic heterocycles. The highest BCUT2D eigenvalue weighted by Gasteiger charge is 2.02. The van der Waals surface area contributed by atoms with E-state index in [1.807, 2.05) is 31.3 Å². The summed E-state index contributed by atoms with van der Waals surface area (Å²) in [5, 5.41) is 12.1. The van der Waals surface area contributed by atoms with Crippen molar-refractivity contribution in [1.82, 2.24) is 9.97 Å². The lowest BCUT2D eigenvalue weighted by atomic mass is 10.1. The maximum Gasteiger partial charge on any atom is 0.163 e. The minimum atomic E-state index is 0.416. The van der Waals surface area contributed by atoms with Crippen LogP contribution < -0.4 is 5.32 Å². The average molecular weight is 224 g/mol. The number of rotatable bonds is 3. The zero-order chi connectivity index (χ0) is 12.1. The first-order chi connectivity index (χ1) is 8.31. The van der Waals surface area contributed by atoms with E-state index in [-0.39, 0.29) is 0 Å². The van der Waals surface area contributed by atoms with Crippen LogP contribution in [0.2, 0.25) is 0 Å². The van der Waals surface area contributed by atoms with E-state index in [0.717, 1.165) is 16.8 Å². The fourth-order valence-electron chi connectivity index (χ4n) is 1.53. The Bertz CT molecular complexity index is 557. The molecule has 2 rings (SSSR count). The second-order valence-corrected chi connectivity index (χ2v) is 3.67. The van der Waals surface area contributed by atoms with Crippen LogP contribution in [0.3, 0.4) is 0 Å². The minimum Gasteiger partial charge on any atom is -0.379 e. The van der Waals surface area contributed by atoms with Crippen molar-refractivity contribution >= 4 is 5.69 Å². The van der Waals surface area contributed by atoms with Crippen LogP contribution in [0.4, 0.5) is 5.69 Å². The second kappa shape index (κ2) is 5.08. The van der Waals surface area contributed by atoms with Gasteiger partial charge >= 0.3 is 0 Å². The fraction of sp³-hybridized carbons (Fsp3) is 0.154. The number of nitrogens with one attached hydrogen (secondary N) is 1. The molecule has 2 heterocycles. The third kappa shape index (κ3) is 2.58.